The van der Waals surface area contributed by atoms with Crippen LogP contribution in [0.25, 0.3) is 0 Å². The van der Waals surface area contributed by atoms with Gasteiger partial charge in [0.25, 0.3) is 5.91 Å². The molecule has 3 N–H and O–H groups in total. The number of rotatable bonds is 6. The minimum absolute atomic E-state index is 0.116. The number of amides is 3. The number of hydrogen-bond acceptors (Lipinski definition) is 8. The second-order valence-corrected chi connectivity index (χ2v) is 8.43. The number of carbonyl (C=O) groups excluding carboxylic acids is 3. The van der Waals surface area contributed by atoms with Crippen LogP contribution in [0, 0.1) is 29.6 Å². The first-order valence-electron chi connectivity index (χ1n) is 10.3. The van der Waals surface area contributed by atoms with Crippen LogP contribution in [0.3, 0.4) is 0 Å². The number of carbonyl (C=O) groups is 3. The molecule has 1 aromatic carbocycles. The van der Waals surface area contributed by atoms with Crippen molar-refractivity contribution in [1.82, 2.24) is 10.3 Å². The maximum atomic E-state index is 13.2. The monoisotopic (exact) mass is 428 g/mol. The molecule has 6 atom stereocenters. The summed E-state index contributed by atoms with van der Waals surface area (Å²) in [7, 11) is 3.13. The summed E-state index contributed by atoms with van der Waals surface area (Å²) >= 11 is 0. The second kappa shape index (κ2) is 7.23. The summed E-state index contributed by atoms with van der Waals surface area (Å²) in [5, 5.41) is 3.90. The van der Waals surface area contributed by atoms with Crippen LogP contribution in [0.2, 0.25) is 0 Å². The van der Waals surface area contributed by atoms with Gasteiger partial charge in [0.15, 0.2) is 17.2 Å². The minimum atomic E-state index is -0.501. The number of ether oxygens (including phenoxy) is 2. The third-order valence-corrected chi connectivity index (χ3v) is 7.22. The molecule has 4 aliphatic rings. The molecule has 2 aliphatic heterocycles. The van der Waals surface area contributed by atoms with Crippen molar-refractivity contribution in [3.63, 3.8) is 0 Å². The van der Waals surface area contributed by atoms with Gasteiger partial charge in [-0.1, -0.05) is 11.2 Å². The van der Waals surface area contributed by atoms with Crippen LogP contribution < -0.4 is 20.7 Å². The average Bonchev–Trinajstić information content (AvgIpc) is 3.52. The fourth-order valence-electron chi connectivity index (χ4n) is 5.95. The molecule has 2 saturated carbocycles. The van der Waals surface area contributed by atoms with Crippen LogP contribution in [0.15, 0.2) is 23.4 Å². The Bertz CT molecular complexity index is 994. The van der Waals surface area contributed by atoms with Crippen LogP contribution >= 0.6 is 0 Å². The second-order valence-electron chi connectivity index (χ2n) is 8.43. The highest BCUT2D eigenvalue weighted by atomic mass is 16.6. The molecule has 2 heterocycles. The molecule has 164 valence electrons. The van der Waals surface area contributed by atoms with Gasteiger partial charge in [-0.05, 0) is 36.5 Å². The van der Waals surface area contributed by atoms with Gasteiger partial charge in [0.05, 0.1) is 32.0 Å². The Morgan fingerprint density at radius 2 is 1.87 bits per heavy atom. The van der Waals surface area contributed by atoms with E-state index in [9.17, 15) is 14.4 Å². The van der Waals surface area contributed by atoms with E-state index in [1.807, 2.05) is 12.1 Å². The van der Waals surface area contributed by atoms with Crippen molar-refractivity contribution in [2.45, 2.75) is 18.9 Å². The standard InChI is InChI=1S/C21H24N4O6/c1-29-12-4-3-9(7-13(12)30-2)5-6-25-20(27)14-10-8-11(15(14)21(25)28)18-16(10)17(24-31-18)19(26)23-22/h3-4,7,10-11,14-16,18H,5-6,8,22H2,1-2H3,(H,23,26)/t10-,11-,14-,15+,16+,18-/m0/s1. The van der Waals surface area contributed by atoms with Crippen molar-refractivity contribution in [2.75, 3.05) is 20.8 Å². The predicted octanol–water partition coefficient (Wildman–Crippen LogP) is -0.142. The van der Waals surface area contributed by atoms with Gasteiger partial charge in [0, 0.05) is 12.5 Å². The molecule has 0 aromatic heterocycles. The maximum Gasteiger partial charge on any atom is 0.283 e. The fraction of sp³-hybridized carbons (Fsp3) is 0.524. The number of nitrogens with zero attached hydrogens (tertiary/aromatic N) is 2. The Morgan fingerprint density at radius 3 is 2.55 bits per heavy atom. The highest BCUT2D eigenvalue weighted by molar-refractivity contribution is 6.40. The molecule has 31 heavy (non-hydrogen) atoms. The van der Waals surface area contributed by atoms with Crippen molar-refractivity contribution >= 4 is 23.4 Å². The number of hydrazine groups is 1. The zero-order valence-corrected chi connectivity index (χ0v) is 17.2. The number of hydrogen-bond donors (Lipinski definition) is 2. The Morgan fingerprint density at radius 1 is 1.16 bits per heavy atom. The summed E-state index contributed by atoms with van der Waals surface area (Å²) in [6, 6.07) is 5.54. The van der Waals surface area contributed by atoms with Gasteiger partial charge >= 0.3 is 0 Å². The quantitative estimate of drug-likeness (QED) is 0.279. The Kier molecular flexibility index (Phi) is 4.62. The number of imide groups is 1. The Hall–Kier alpha value is -3.14. The van der Waals surface area contributed by atoms with Crippen molar-refractivity contribution < 1.29 is 28.7 Å². The van der Waals surface area contributed by atoms with Crippen molar-refractivity contribution in [2.24, 2.45) is 40.6 Å². The summed E-state index contributed by atoms with van der Waals surface area (Å²) in [5.41, 5.74) is 3.25. The van der Waals surface area contributed by atoms with Crippen molar-refractivity contribution in [1.29, 1.82) is 0 Å². The lowest BCUT2D eigenvalue weighted by Gasteiger charge is -2.29. The molecule has 3 amide bonds. The highest BCUT2D eigenvalue weighted by Crippen LogP contribution is 2.61. The number of fused-ring (bicyclic) bond motifs is 8. The predicted molar refractivity (Wildman–Crippen MR) is 107 cm³/mol. The molecule has 10 heteroatoms. The van der Waals surface area contributed by atoms with Crippen LogP contribution in [0.1, 0.15) is 12.0 Å². The zero-order chi connectivity index (χ0) is 21.9. The van der Waals surface area contributed by atoms with Gasteiger partial charge in [-0.25, -0.2) is 5.84 Å². The van der Waals surface area contributed by atoms with Crippen LogP contribution in [-0.4, -0.2) is 55.2 Å². The molecule has 2 aliphatic carbocycles. The number of methoxy groups -OCH3 is 2. The Labute approximate surface area is 178 Å². The smallest absolute Gasteiger partial charge is 0.283 e. The molecular formula is C21H24N4O6. The summed E-state index contributed by atoms with van der Waals surface area (Å²) < 4.78 is 10.6. The molecule has 0 spiro atoms. The first-order valence-corrected chi connectivity index (χ1v) is 10.3. The highest BCUT2D eigenvalue weighted by Gasteiger charge is 2.70. The number of nitrogens with one attached hydrogen (secondary N) is 1. The zero-order valence-electron chi connectivity index (χ0n) is 17.2. The number of likely N-dealkylation sites (tertiary alicyclic amines) is 1. The van der Waals surface area contributed by atoms with E-state index in [0.29, 0.717) is 30.9 Å². The van der Waals surface area contributed by atoms with E-state index >= 15 is 0 Å². The molecule has 2 bridgehead atoms. The molecule has 1 aromatic rings. The number of oxime groups is 1. The first kappa shape index (κ1) is 19.8. The van der Waals surface area contributed by atoms with Gasteiger partial charge in [0.2, 0.25) is 11.8 Å². The van der Waals surface area contributed by atoms with Crippen molar-refractivity contribution in [3.8, 4) is 11.5 Å². The van der Waals surface area contributed by atoms with Crippen LogP contribution in [-0.2, 0) is 25.6 Å². The topological polar surface area (TPSA) is 133 Å². The fourth-order valence-corrected chi connectivity index (χ4v) is 5.95. The van der Waals surface area contributed by atoms with Gasteiger partial charge in [-0.2, -0.15) is 0 Å². The third kappa shape index (κ3) is 2.74. The molecule has 0 unspecified atom stereocenters. The lowest BCUT2D eigenvalue weighted by molar-refractivity contribution is -0.141. The summed E-state index contributed by atoms with van der Waals surface area (Å²) in [6.07, 6.45) is 0.849. The van der Waals surface area contributed by atoms with Gasteiger partial charge in [-0.3, -0.25) is 24.7 Å². The third-order valence-electron chi connectivity index (χ3n) is 7.22. The summed E-state index contributed by atoms with van der Waals surface area (Å²) in [6.45, 7) is 0.292. The van der Waals surface area contributed by atoms with E-state index < -0.39 is 17.7 Å². The lowest BCUT2D eigenvalue weighted by atomic mass is 9.72. The van der Waals surface area contributed by atoms with Gasteiger partial charge in [0.1, 0.15) is 6.10 Å². The molecule has 0 radical (unpaired) electrons. The Balaban J connectivity index is 1.33. The summed E-state index contributed by atoms with van der Waals surface area (Å²) in [5.74, 6) is 4.29. The van der Waals surface area contributed by atoms with Gasteiger partial charge in [-0.15, -0.1) is 0 Å². The minimum Gasteiger partial charge on any atom is -0.493 e. The van der Waals surface area contributed by atoms with Crippen LogP contribution in [0.4, 0.5) is 0 Å². The summed E-state index contributed by atoms with van der Waals surface area (Å²) in [4.78, 5) is 45.3. The normalized spacial score (nSPS) is 32.5. The lowest BCUT2D eigenvalue weighted by Crippen LogP contribution is -2.46. The number of nitrogens with two attached hydrogens (primary N) is 1. The average molecular weight is 428 g/mol. The van der Waals surface area contributed by atoms with E-state index in [4.69, 9.17) is 20.2 Å². The maximum absolute atomic E-state index is 13.2. The molecule has 3 fully saturated rings. The van der Waals surface area contributed by atoms with E-state index in [1.165, 1.54) is 4.90 Å². The van der Waals surface area contributed by atoms with E-state index in [1.54, 1.807) is 20.3 Å². The molecule has 10 nitrogen and oxygen atoms in total. The SMILES string of the molecule is COc1ccc(CCN2C(=O)[C@@H]3[C@@H]4C[C@H]([C@@H]5C(C(=O)NN)=NO[C@@H]45)[C@@H]3C2=O)cc1OC. The molecular weight excluding hydrogens is 404 g/mol. The van der Waals surface area contributed by atoms with Crippen LogP contribution in [0.5, 0.6) is 11.5 Å². The number of benzene rings is 1. The molecule has 5 rings (SSSR count). The van der Waals surface area contributed by atoms with E-state index in [-0.39, 0.29) is 41.4 Å². The van der Waals surface area contributed by atoms with E-state index in [0.717, 1.165) is 5.56 Å². The van der Waals surface area contributed by atoms with E-state index in [2.05, 4.69) is 10.6 Å². The largest absolute Gasteiger partial charge is 0.493 e. The molecule has 1 saturated heterocycles. The first-order chi connectivity index (χ1) is 15.0. The van der Waals surface area contributed by atoms with Crippen molar-refractivity contribution in [3.05, 3.63) is 23.8 Å². The van der Waals surface area contributed by atoms with Gasteiger partial charge < -0.3 is 14.3 Å².